The molecule has 4 aromatic carbocycles. The van der Waals surface area contributed by atoms with E-state index in [0.29, 0.717) is 14.8 Å². The van der Waals surface area contributed by atoms with Gasteiger partial charge in [-0.05, 0) is 0 Å². The van der Waals surface area contributed by atoms with Crippen LogP contribution < -0.4 is 0 Å². The number of benzene rings is 4. The summed E-state index contributed by atoms with van der Waals surface area (Å²) in [6, 6.07) is 29.8. The normalized spacial score (nSPS) is 15.0. The van der Waals surface area contributed by atoms with Crippen LogP contribution in [0.25, 0.3) is 16.7 Å². The molecule has 0 saturated carbocycles. The molecule has 246 valence electrons. The zero-order valence-electron chi connectivity index (χ0n) is 27.7. The Morgan fingerprint density at radius 3 is 1.44 bits per heavy atom. The maximum absolute atomic E-state index is 6.40. The summed E-state index contributed by atoms with van der Waals surface area (Å²) < 4.78 is -1.42. The summed E-state index contributed by atoms with van der Waals surface area (Å²) in [5.74, 6) is 0. The minimum absolute atomic E-state index is 0.0450. The van der Waals surface area contributed by atoms with E-state index in [1.54, 1.807) is 0 Å². The van der Waals surface area contributed by atoms with Gasteiger partial charge in [-0.15, -0.1) is 0 Å². The van der Waals surface area contributed by atoms with Gasteiger partial charge in [0.15, 0.2) is 0 Å². The molecule has 2 aliphatic rings. The second kappa shape index (κ2) is 13.4. The number of hydrogen-bond acceptors (Lipinski definition) is 0. The van der Waals surface area contributed by atoms with Gasteiger partial charge in [0.05, 0.1) is 0 Å². The summed E-state index contributed by atoms with van der Waals surface area (Å²) in [4.78, 5) is 0. The third-order valence-corrected chi connectivity index (χ3v) is 14.5. The van der Waals surface area contributed by atoms with Gasteiger partial charge in [-0.2, -0.15) is 0 Å². The van der Waals surface area contributed by atoms with Crippen LogP contribution in [0.4, 0.5) is 0 Å². The third-order valence-electron chi connectivity index (χ3n) is 9.09. The van der Waals surface area contributed by atoms with Crippen molar-refractivity contribution in [1.82, 2.24) is 0 Å². The number of halogens is 6. The topological polar surface area (TPSA) is 0 Å². The quantitative estimate of drug-likeness (QED) is 0.180. The zero-order chi connectivity index (χ0) is 34.8. The van der Waals surface area contributed by atoms with Gasteiger partial charge in [0, 0.05) is 0 Å². The van der Waals surface area contributed by atoms with Gasteiger partial charge >= 0.3 is 330 Å². The van der Waals surface area contributed by atoms with Crippen LogP contribution in [0.3, 0.4) is 0 Å². The van der Waals surface area contributed by atoms with E-state index in [-0.39, 0.29) is 10.8 Å². The van der Waals surface area contributed by atoms with Gasteiger partial charge in [0.2, 0.25) is 0 Å². The van der Waals surface area contributed by atoms with Gasteiger partial charge in [0.1, 0.15) is 0 Å². The molecule has 0 bridgehead atoms. The number of hydrogen-bond donors (Lipinski definition) is 0. The summed E-state index contributed by atoms with van der Waals surface area (Å²) in [5, 5.41) is 0. The molecule has 0 atom stereocenters. The van der Waals surface area contributed by atoms with E-state index in [0.717, 1.165) is 16.7 Å². The van der Waals surface area contributed by atoms with E-state index in [2.05, 4.69) is 108 Å². The molecule has 0 N–H and O–H groups in total. The minimum atomic E-state index is -1.57. The first-order valence-electron chi connectivity index (χ1n) is 15.9. The second-order valence-electron chi connectivity index (χ2n) is 14.6. The Morgan fingerprint density at radius 2 is 1.02 bits per heavy atom. The molecule has 0 nitrogen and oxygen atoms in total. The van der Waals surface area contributed by atoms with Crippen molar-refractivity contribution in [3.63, 3.8) is 0 Å². The van der Waals surface area contributed by atoms with Crippen molar-refractivity contribution in [1.29, 1.82) is 0 Å². The molecule has 0 saturated heterocycles. The van der Waals surface area contributed by atoms with Gasteiger partial charge in [-0.3, -0.25) is 0 Å². The Kier molecular flexibility index (Phi) is 10.2. The molecule has 6 rings (SSSR count). The molecule has 2 aliphatic carbocycles. The fourth-order valence-electron chi connectivity index (χ4n) is 6.45. The monoisotopic (exact) mass is 828 g/mol. The molecule has 0 radical (unpaired) electrons. The predicted octanol–water partition coefficient (Wildman–Crippen LogP) is 14.0. The molecule has 0 aromatic heterocycles. The van der Waals surface area contributed by atoms with Crippen molar-refractivity contribution < 1.29 is 23.2 Å². The molecule has 7 heteroatoms. The summed E-state index contributed by atoms with van der Waals surface area (Å²) in [5.41, 5.74) is 13.6. The molecule has 48 heavy (non-hydrogen) atoms. The standard InChI is InChI=1S/C21H25.C20H11Cl6.Zr/c1-20(2,3)16-7-9-18-14(12-16)11-15-13-17(21(4,5)6)8-10-19(15)18;21-19(22,23)16-9-3-7-14(11-16)18(13-5-1-2-6-13)15-8-4-10-17(12-15)20(24,25)26;/h7-13H,1-6H3;1-5,7-12H;. The summed E-state index contributed by atoms with van der Waals surface area (Å²) >= 11 is 37.0. The number of fused-ring (bicyclic) bond motifs is 3. The Balaban J connectivity index is 1.55. The van der Waals surface area contributed by atoms with Crippen molar-refractivity contribution >= 4 is 75.2 Å². The third kappa shape index (κ3) is 7.51. The zero-order valence-corrected chi connectivity index (χ0v) is 34.7. The van der Waals surface area contributed by atoms with E-state index in [4.69, 9.17) is 69.6 Å². The Bertz CT molecular complexity index is 1870. The Hall–Kier alpha value is -1.28. The van der Waals surface area contributed by atoms with Crippen LogP contribution in [-0.2, 0) is 41.6 Å². The van der Waals surface area contributed by atoms with E-state index < -0.39 is 30.8 Å². The SMILES string of the molecule is CC(C)(C)c1ccc2c(c1)[CH]([Zr][C]1=CC=CC1=C(c1cccc(C(Cl)(Cl)Cl)c1)c1cccc(C(Cl)(Cl)Cl)c1)c1cc(C(C)(C)C)ccc1-2. The van der Waals surface area contributed by atoms with Crippen LogP contribution in [0.2, 0.25) is 0 Å². The second-order valence-corrected chi connectivity index (χ2v) is 22.6. The van der Waals surface area contributed by atoms with Crippen LogP contribution in [0, 0.1) is 0 Å². The summed E-state index contributed by atoms with van der Waals surface area (Å²) in [7, 11) is 0. The molecule has 0 spiro atoms. The number of allylic oxidation sites excluding steroid dienone is 5. The fraction of sp³-hybridized carbons (Fsp3) is 0.268. The predicted molar refractivity (Wildman–Crippen MR) is 206 cm³/mol. The van der Waals surface area contributed by atoms with Gasteiger partial charge in [0.25, 0.3) is 0 Å². The summed E-state index contributed by atoms with van der Waals surface area (Å²) in [6.45, 7) is 13.7. The number of alkyl halides is 6. The van der Waals surface area contributed by atoms with E-state index >= 15 is 0 Å². The molecule has 4 aromatic rings. The average molecular weight is 833 g/mol. The first kappa shape index (κ1) is 36.5. The molecular weight excluding hydrogens is 796 g/mol. The van der Waals surface area contributed by atoms with Crippen molar-refractivity contribution in [2.24, 2.45) is 0 Å². The van der Waals surface area contributed by atoms with Crippen LogP contribution in [0.5, 0.6) is 0 Å². The summed E-state index contributed by atoms with van der Waals surface area (Å²) in [6.07, 6.45) is 6.68. The van der Waals surface area contributed by atoms with Crippen molar-refractivity contribution in [3.8, 4) is 11.1 Å². The average Bonchev–Trinajstić information content (AvgIpc) is 3.58. The molecular formula is C41H36Cl6Zr. The first-order valence-corrected chi connectivity index (χ1v) is 20.8. The number of rotatable bonds is 4. The maximum atomic E-state index is 6.40. The van der Waals surface area contributed by atoms with Crippen LogP contribution >= 0.6 is 69.6 Å². The van der Waals surface area contributed by atoms with Crippen LogP contribution in [-0.4, -0.2) is 0 Å². The van der Waals surface area contributed by atoms with Gasteiger partial charge in [-0.1, -0.05) is 0 Å². The molecule has 0 heterocycles. The molecule has 0 amide bonds. The van der Waals surface area contributed by atoms with E-state index in [1.165, 1.54) is 42.2 Å². The van der Waals surface area contributed by atoms with E-state index in [1.807, 2.05) is 36.4 Å². The van der Waals surface area contributed by atoms with Gasteiger partial charge in [-0.25, -0.2) is 0 Å². The first-order chi connectivity index (χ1) is 22.3. The van der Waals surface area contributed by atoms with Crippen molar-refractivity contribution in [2.45, 2.75) is 63.6 Å². The fourth-order valence-corrected chi connectivity index (χ4v) is 11.2. The Labute approximate surface area is 326 Å². The van der Waals surface area contributed by atoms with Crippen LogP contribution in [0.15, 0.2) is 112 Å². The van der Waals surface area contributed by atoms with Crippen LogP contribution in [0.1, 0.15) is 89.7 Å². The van der Waals surface area contributed by atoms with E-state index in [9.17, 15) is 0 Å². The van der Waals surface area contributed by atoms with Crippen molar-refractivity contribution in [2.75, 3.05) is 0 Å². The molecule has 0 aliphatic heterocycles. The Morgan fingerprint density at radius 1 is 0.562 bits per heavy atom. The van der Waals surface area contributed by atoms with Crippen molar-refractivity contribution in [3.05, 3.63) is 157 Å². The molecule has 0 fully saturated rings. The van der Waals surface area contributed by atoms with Gasteiger partial charge < -0.3 is 0 Å². The molecule has 0 unspecified atom stereocenters.